The highest BCUT2D eigenvalue weighted by molar-refractivity contribution is 5.51. The molecule has 2 heteroatoms. The molecular weight excluding hydrogens is 150 g/mol. The Morgan fingerprint density at radius 1 is 1.25 bits per heavy atom. The number of aromatic nitrogens is 1. The van der Waals surface area contributed by atoms with Gasteiger partial charge in [0.15, 0.2) is 5.43 Å². The highest BCUT2D eigenvalue weighted by Crippen LogP contribution is 2.05. The minimum absolute atomic E-state index is 0.0822. The first-order valence-corrected chi connectivity index (χ1v) is 3.90. The predicted octanol–water partition coefficient (Wildman–Crippen LogP) is 1.94. The lowest BCUT2D eigenvalue weighted by Crippen LogP contribution is -2.14. The van der Waals surface area contributed by atoms with Crippen LogP contribution in [0.4, 0.5) is 0 Å². The molecule has 1 heterocycles. The van der Waals surface area contributed by atoms with E-state index in [-0.39, 0.29) is 5.43 Å². The van der Waals surface area contributed by atoms with Gasteiger partial charge in [-0.05, 0) is 20.8 Å². The van der Waals surface area contributed by atoms with Gasteiger partial charge in [0.05, 0.1) is 0 Å². The SMILES string of the molecule is C=Cc1c(C)[nH]c(C)c(C)c1=O. The normalized spacial score (nSPS) is 9.92. The van der Waals surface area contributed by atoms with Crippen LogP contribution in [0.2, 0.25) is 0 Å². The summed E-state index contributed by atoms with van der Waals surface area (Å²) in [6, 6.07) is 0. The molecule has 1 N–H and O–H groups in total. The molecular formula is C10H13NO. The number of aryl methyl sites for hydroxylation is 2. The number of hydrogen-bond acceptors (Lipinski definition) is 1. The van der Waals surface area contributed by atoms with Crippen LogP contribution in [-0.2, 0) is 0 Å². The fourth-order valence-corrected chi connectivity index (χ4v) is 1.23. The molecule has 0 bridgehead atoms. The van der Waals surface area contributed by atoms with Crippen LogP contribution in [0.25, 0.3) is 6.08 Å². The number of aromatic amines is 1. The second-order valence-corrected chi connectivity index (χ2v) is 2.95. The molecule has 64 valence electrons. The minimum atomic E-state index is 0.0822. The van der Waals surface area contributed by atoms with E-state index in [4.69, 9.17) is 0 Å². The standard InChI is InChI=1S/C10H13NO/c1-5-9-8(4)11-7(3)6(2)10(9)12/h5H,1H2,2-4H3,(H,11,12). The molecule has 0 amide bonds. The Morgan fingerprint density at radius 2 is 1.83 bits per heavy atom. The van der Waals surface area contributed by atoms with Crippen LogP contribution in [0.5, 0.6) is 0 Å². The van der Waals surface area contributed by atoms with Gasteiger partial charge in [0, 0.05) is 22.5 Å². The van der Waals surface area contributed by atoms with Gasteiger partial charge in [-0.1, -0.05) is 12.7 Å². The van der Waals surface area contributed by atoms with E-state index in [0.717, 1.165) is 17.0 Å². The van der Waals surface area contributed by atoms with E-state index in [0.29, 0.717) is 5.56 Å². The molecule has 0 saturated heterocycles. The lowest BCUT2D eigenvalue weighted by molar-refractivity contribution is 1.06. The number of H-pyrrole nitrogens is 1. The Labute approximate surface area is 71.9 Å². The van der Waals surface area contributed by atoms with Gasteiger partial charge in [-0.3, -0.25) is 4.79 Å². The van der Waals surface area contributed by atoms with Crippen molar-refractivity contribution in [2.45, 2.75) is 20.8 Å². The van der Waals surface area contributed by atoms with E-state index in [1.807, 2.05) is 20.8 Å². The van der Waals surface area contributed by atoms with E-state index >= 15 is 0 Å². The maximum absolute atomic E-state index is 11.6. The predicted molar refractivity (Wildman–Crippen MR) is 51.4 cm³/mol. The smallest absolute Gasteiger partial charge is 0.192 e. The van der Waals surface area contributed by atoms with Crippen molar-refractivity contribution in [2.24, 2.45) is 0 Å². The minimum Gasteiger partial charge on any atom is -0.362 e. The molecule has 2 nitrogen and oxygen atoms in total. The summed E-state index contributed by atoms with van der Waals surface area (Å²) in [5.41, 5.74) is 3.36. The summed E-state index contributed by atoms with van der Waals surface area (Å²) >= 11 is 0. The molecule has 0 saturated carbocycles. The molecule has 0 aliphatic carbocycles. The Morgan fingerprint density at radius 3 is 2.33 bits per heavy atom. The van der Waals surface area contributed by atoms with Crippen molar-refractivity contribution in [1.29, 1.82) is 0 Å². The Balaban J connectivity index is 3.63. The van der Waals surface area contributed by atoms with Crippen LogP contribution in [0.15, 0.2) is 11.4 Å². The molecule has 0 radical (unpaired) electrons. The highest BCUT2D eigenvalue weighted by atomic mass is 16.1. The Bertz CT molecular complexity index is 374. The average molecular weight is 163 g/mol. The highest BCUT2D eigenvalue weighted by Gasteiger charge is 2.05. The van der Waals surface area contributed by atoms with Gasteiger partial charge in [0.1, 0.15) is 0 Å². The fraction of sp³-hybridized carbons (Fsp3) is 0.300. The maximum atomic E-state index is 11.6. The van der Waals surface area contributed by atoms with Crippen LogP contribution in [0, 0.1) is 20.8 Å². The number of rotatable bonds is 1. The van der Waals surface area contributed by atoms with Gasteiger partial charge in [-0.25, -0.2) is 0 Å². The molecule has 0 aliphatic heterocycles. The van der Waals surface area contributed by atoms with Crippen molar-refractivity contribution < 1.29 is 0 Å². The lowest BCUT2D eigenvalue weighted by Gasteiger charge is -2.04. The molecule has 0 aliphatic rings. The third-order valence-electron chi connectivity index (χ3n) is 2.13. The zero-order chi connectivity index (χ0) is 9.30. The van der Waals surface area contributed by atoms with E-state index in [1.165, 1.54) is 0 Å². The summed E-state index contributed by atoms with van der Waals surface area (Å²) in [4.78, 5) is 14.7. The Hall–Kier alpha value is -1.31. The first-order valence-electron chi connectivity index (χ1n) is 3.90. The molecule has 0 atom stereocenters. The molecule has 0 unspecified atom stereocenters. The summed E-state index contributed by atoms with van der Waals surface area (Å²) in [6.07, 6.45) is 1.60. The van der Waals surface area contributed by atoms with Crippen molar-refractivity contribution in [3.05, 3.63) is 39.3 Å². The van der Waals surface area contributed by atoms with Crippen LogP contribution in [0.1, 0.15) is 22.5 Å². The van der Waals surface area contributed by atoms with Crippen molar-refractivity contribution in [2.75, 3.05) is 0 Å². The summed E-state index contributed by atoms with van der Waals surface area (Å²) in [5.74, 6) is 0. The second-order valence-electron chi connectivity index (χ2n) is 2.95. The third kappa shape index (κ3) is 1.20. The molecule has 0 fully saturated rings. The number of nitrogens with one attached hydrogen (secondary N) is 1. The van der Waals surface area contributed by atoms with E-state index < -0.39 is 0 Å². The van der Waals surface area contributed by atoms with Gasteiger partial charge in [-0.15, -0.1) is 0 Å². The zero-order valence-electron chi connectivity index (χ0n) is 7.69. The molecule has 12 heavy (non-hydrogen) atoms. The number of pyridine rings is 1. The van der Waals surface area contributed by atoms with Crippen molar-refractivity contribution >= 4 is 6.08 Å². The summed E-state index contributed by atoms with van der Waals surface area (Å²) < 4.78 is 0. The topological polar surface area (TPSA) is 32.9 Å². The van der Waals surface area contributed by atoms with Gasteiger partial charge in [0.25, 0.3) is 0 Å². The largest absolute Gasteiger partial charge is 0.362 e. The summed E-state index contributed by atoms with van der Waals surface area (Å²) in [5, 5.41) is 0. The monoisotopic (exact) mass is 163 g/mol. The maximum Gasteiger partial charge on any atom is 0.192 e. The molecule has 1 rings (SSSR count). The van der Waals surface area contributed by atoms with Gasteiger partial charge >= 0.3 is 0 Å². The third-order valence-corrected chi connectivity index (χ3v) is 2.13. The quantitative estimate of drug-likeness (QED) is 0.674. The molecule has 1 aromatic rings. The van der Waals surface area contributed by atoms with Crippen molar-refractivity contribution in [3.8, 4) is 0 Å². The Kier molecular flexibility index (Phi) is 2.18. The first kappa shape index (κ1) is 8.78. The average Bonchev–Trinajstić information content (AvgIpc) is 2.01. The summed E-state index contributed by atoms with van der Waals surface area (Å²) in [7, 11) is 0. The van der Waals surface area contributed by atoms with Gasteiger partial charge < -0.3 is 4.98 Å². The van der Waals surface area contributed by atoms with Crippen LogP contribution in [-0.4, -0.2) is 4.98 Å². The van der Waals surface area contributed by atoms with Crippen molar-refractivity contribution in [1.82, 2.24) is 4.98 Å². The van der Waals surface area contributed by atoms with Crippen LogP contribution < -0.4 is 5.43 Å². The van der Waals surface area contributed by atoms with Crippen LogP contribution >= 0.6 is 0 Å². The van der Waals surface area contributed by atoms with E-state index in [2.05, 4.69) is 11.6 Å². The van der Waals surface area contributed by atoms with E-state index in [9.17, 15) is 4.79 Å². The van der Waals surface area contributed by atoms with Gasteiger partial charge in [0.2, 0.25) is 0 Å². The lowest BCUT2D eigenvalue weighted by atomic mass is 10.1. The van der Waals surface area contributed by atoms with Gasteiger partial charge in [-0.2, -0.15) is 0 Å². The van der Waals surface area contributed by atoms with E-state index in [1.54, 1.807) is 6.08 Å². The first-order chi connectivity index (χ1) is 5.57. The zero-order valence-corrected chi connectivity index (χ0v) is 7.69. The second kappa shape index (κ2) is 2.97. The van der Waals surface area contributed by atoms with Crippen LogP contribution in [0.3, 0.4) is 0 Å². The molecule has 0 aromatic carbocycles. The molecule has 1 aromatic heterocycles. The fourth-order valence-electron chi connectivity index (χ4n) is 1.23. The van der Waals surface area contributed by atoms with Crippen molar-refractivity contribution in [3.63, 3.8) is 0 Å². The number of hydrogen-bond donors (Lipinski definition) is 1. The summed E-state index contributed by atoms with van der Waals surface area (Å²) in [6.45, 7) is 9.20. The molecule has 0 spiro atoms.